The number of ether oxygens (including phenoxy) is 2. The minimum absolute atomic E-state index is 0.602. The average molecular weight is 294 g/mol. The molecule has 3 aromatic rings. The lowest BCUT2D eigenvalue weighted by Crippen LogP contribution is -2.32. The Morgan fingerprint density at radius 1 is 1.09 bits per heavy atom. The number of hydrogen-bond donors (Lipinski definition) is 0. The first-order valence-corrected chi connectivity index (χ1v) is 7.50. The Bertz CT molecular complexity index is 790. The molecule has 0 saturated carbocycles. The van der Waals surface area contributed by atoms with Crippen molar-refractivity contribution in [3.8, 4) is 0 Å². The van der Waals surface area contributed by atoms with Gasteiger partial charge in [0.15, 0.2) is 0 Å². The lowest BCUT2D eigenvalue weighted by atomic mass is 9.99. The average Bonchev–Trinajstić information content (AvgIpc) is 3.20. The SMILES string of the molecule is Cc1ccc2cc(C3(Cn4ccnc4)OCCO3)ccc2c1. The van der Waals surface area contributed by atoms with Gasteiger partial charge in [-0.1, -0.05) is 35.9 Å². The van der Waals surface area contributed by atoms with Gasteiger partial charge in [-0.05, 0) is 23.8 Å². The molecule has 2 heterocycles. The van der Waals surface area contributed by atoms with Gasteiger partial charge in [-0.3, -0.25) is 0 Å². The van der Waals surface area contributed by atoms with Crippen molar-refractivity contribution in [1.29, 1.82) is 0 Å². The highest BCUT2D eigenvalue weighted by molar-refractivity contribution is 5.84. The number of benzene rings is 2. The molecule has 0 spiro atoms. The maximum atomic E-state index is 6.00. The first-order chi connectivity index (χ1) is 10.8. The fourth-order valence-corrected chi connectivity index (χ4v) is 3.03. The Labute approximate surface area is 129 Å². The van der Waals surface area contributed by atoms with E-state index in [1.807, 2.05) is 10.8 Å². The number of rotatable bonds is 3. The van der Waals surface area contributed by atoms with Crippen LogP contribution in [0, 0.1) is 6.92 Å². The second kappa shape index (κ2) is 5.23. The molecule has 4 rings (SSSR count). The van der Waals surface area contributed by atoms with Gasteiger partial charge in [0.2, 0.25) is 5.79 Å². The minimum atomic E-state index is -0.722. The van der Waals surface area contributed by atoms with Crippen molar-refractivity contribution in [3.05, 3.63) is 66.2 Å². The van der Waals surface area contributed by atoms with Crippen molar-refractivity contribution >= 4 is 10.8 Å². The van der Waals surface area contributed by atoms with Gasteiger partial charge in [0, 0.05) is 18.0 Å². The van der Waals surface area contributed by atoms with Crippen LogP contribution in [0.25, 0.3) is 10.8 Å². The zero-order valence-corrected chi connectivity index (χ0v) is 12.5. The van der Waals surface area contributed by atoms with Crippen molar-refractivity contribution in [3.63, 3.8) is 0 Å². The van der Waals surface area contributed by atoms with E-state index in [2.05, 4.69) is 48.3 Å². The highest BCUT2D eigenvalue weighted by Crippen LogP contribution is 2.35. The summed E-state index contributed by atoms with van der Waals surface area (Å²) in [5, 5.41) is 2.44. The van der Waals surface area contributed by atoms with Crippen molar-refractivity contribution < 1.29 is 9.47 Å². The van der Waals surface area contributed by atoms with E-state index in [1.165, 1.54) is 16.3 Å². The summed E-state index contributed by atoms with van der Waals surface area (Å²) in [6.07, 6.45) is 5.49. The molecule has 0 aliphatic carbocycles. The second-order valence-electron chi connectivity index (χ2n) is 5.75. The van der Waals surface area contributed by atoms with Crippen molar-refractivity contribution in [2.24, 2.45) is 0 Å². The zero-order valence-electron chi connectivity index (χ0n) is 12.5. The Kier molecular flexibility index (Phi) is 3.21. The van der Waals surface area contributed by atoms with Crippen LogP contribution < -0.4 is 0 Å². The van der Waals surface area contributed by atoms with Crippen LogP contribution in [0.15, 0.2) is 55.1 Å². The fourth-order valence-electron chi connectivity index (χ4n) is 3.03. The molecule has 0 radical (unpaired) electrons. The first-order valence-electron chi connectivity index (χ1n) is 7.50. The molecule has 1 aromatic heterocycles. The Hall–Kier alpha value is -2.17. The molecule has 0 N–H and O–H groups in total. The van der Waals surface area contributed by atoms with E-state index in [0.29, 0.717) is 19.8 Å². The Morgan fingerprint density at radius 2 is 1.86 bits per heavy atom. The van der Waals surface area contributed by atoms with E-state index in [9.17, 15) is 0 Å². The van der Waals surface area contributed by atoms with Crippen LogP contribution >= 0.6 is 0 Å². The summed E-state index contributed by atoms with van der Waals surface area (Å²) < 4.78 is 14.0. The number of aromatic nitrogens is 2. The number of hydrogen-bond acceptors (Lipinski definition) is 3. The minimum Gasteiger partial charge on any atom is -0.342 e. The normalized spacial score (nSPS) is 17.1. The summed E-state index contributed by atoms with van der Waals surface area (Å²) in [5.74, 6) is -0.722. The van der Waals surface area contributed by atoms with Crippen LogP contribution in [0.4, 0.5) is 0 Å². The van der Waals surface area contributed by atoms with E-state index in [1.54, 1.807) is 12.5 Å². The predicted octanol–water partition coefficient (Wildman–Crippen LogP) is 3.24. The molecule has 1 aliphatic heterocycles. The van der Waals surface area contributed by atoms with E-state index in [0.717, 1.165) is 5.56 Å². The zero-order chi connectivity index (χ0) is 15.0. The molecule has 1 fully saturated rings. The molecule has 1 saturated heterocycles. The molecule has 0 amide bonds. The van der Waals surface area contributed by atoms with Crippen LogP contribution in [-0.4, -0.2) is 22.8 Å². The number of imidazole rings is 1. The van der Waals surface area contributed by atoms with Gasteiger partial charge in [-0.15, -0.1) is 0 Å². The van der Waals surface area contributed by atoms with Gasteiger partial charge >= 0.3 is 0 Å². The third-order valence-electron chi connectivity index (χ3n) is 4.14. The van der Waals surface area contributed by atoms with Gasteiger partial charge in [-0.25, -0.2) is 4.98 Å². The molecule has 112 valence electrons. The van der Waals surface area contributed by atoms with Crippen molar-refractivity contribution in [2.75, 3.05) is 13.2 Å². The lowest BCUT2D eigenvalue weighted by Gasteiger charge is -2.28. The maximum Gasteiger partial charge on any atom is 0.213 e. The summed E-state index contributed by atoms with van der Waals surface area (Å²) in [6, 6.07) is 12.9. The quantitative estimate of drug-likeness (QED) is 0.744. The summed E-state index contributed by atoms with van der Waals surface area (Å²) in [5.41, 5.74) is 2.32. The summed E-state index contributed by atoms with van der Waals surface area (Å²) >= 11 is 0. The van der Waals surface area contributed by atoms with E-state index in [-0.39, 0.29) is 0 Å². The van der Waals surface area contributed by atoms with Gasteiger partial charge in [0.1, 0.15) is 0 Å². The first kappa shape index (κ1) is 13.5. The highest BCUT2D eigenvalue weighted by Gasteiger charge is 2.39. The van der Waals surface area contributed by atoms with E-state index >= 15 is 0 Å². The second-order valence-corrected chi connectivity index (χ2v) is 5.75. The Morgan fingerprint density at radius 3 is 2.64 bits per heavy atom. The molecular formula is C18H18N2O2. The molecule has 4 heteroatoms. The van der Waals surface area contributed by atoms with Gasteiger partial charge in [0.25, 0.3) is 0 Å². The van der Waals surface area contributed by atoms with E-state index < -0.39 is 5.79 Å². The molecule has 4 nitrogen and oxygen atoms in total. The third-order valence-corrected chi connectivity index (χ3v) is 4.14. The summed E-state index contributed by atoms with van der Waals surface area (Å²) in [4.78, 5) is 4.10. The fraction of sp³-hybridized carbons (Fsp3) is 0.278. The van der Waals surface area contributed by atoms with Crippen LogP contribution in [0.3, 0.4) is 0 Å². The summed E-state index contributed by atoms with van der Waals surface area (Å²) in [6.45, 7) is 3.93. The lowest BCUT2D eigenvalue weighted by molar-refractivity contribution is -0.176. The van der Waals surface area contributed by atoms with Crippen LogP contribution in [0.5, 0.6) is 0 Å². The molecule has 1 aliphatic rings. The topological polar surface area (TPSA) is 36.3 Å². The molecule has 2 aromatic carbocycles. The predicted molar refractivity (Wildman–Crippen MR) is 84.5 cm³/mol. The van der Waals surface area contributed by atoms with Crippen LogP contribution in [0.1, 0.15) is 11.1 Å². The van der Waals surface area contributed by atoms with Gasteiger partial charge in [0.05, 0.1) is 26.1 Å². The summed E-state index contributed by atoms with van der Waals surface area (Å²) in [7, 11) is 0. The smallest absolute Gasteiger partial charge is 0.213 e. The molecule has 0 unspecified atom stereocenters. The maximum absolute atomic E-state index is 6.00. The van der Waals surface area contributed by atoms with E-state index in [4.69, 9.17) is 9.47 Å². The molecule has 0 bridgehead atoms. The third kappa shape index (κ3) is 2.30. The monoisotopic (exact) mass is 294 g/mol. The standard InChI is InChI=1S/C18H18N2O2/c1-14-2-3-16-11-17(5-4-15(16)10-14)18(21-8-9-22-18)12-20-7-6-19-13-20/h2-7,10-11,13H,8-9,12H2,1H3. The number of aryl methyl sites for hydroxylation is 1. The number of nitrogens with zero attached hydrogens (tertiary/aromatic N) is 2. The van der Waals surface area contributed by atoms with Crippen LogP contribution in [-0.2, 0) is 21.8 Å². The van der Waals surface area contributed by atoms with Crippen molar-refractivity contribution in [1.82, 2.24) is 9.55 Å². The molecular weight excluding hydrogens is 276 g/mol. The number of fused-ring (bicyclic) bond motifs is 1. The van der Waals surface area contributed by atoms with Gasteiger partial charge < -0.3 is 14.0 Å². The highest BCUT2D eigenvalue weighted by atomic mass is 16.7. The molecule has 22 heavy (non-hydrogen) atoms. The van der Waals surface area contributed by atoms with Gasteiger partial charge in [-0.2, -0.15) is 0 Å². The van der Waals surface area contributed by atoms with Crippen LogP contribution in [0.2, 0.25) is 0 Å². The Balaban J connectivity index is 1.77. The largest absolute Gasteiger partial charge is 0.342 e. The van der Waals surface area contributed by atoms with Crippen molar-refractivity contribution in [2.45, 2.75) is 19.3 Å². The molecule has 0 atom stereocenters.